The zero-order valence-electron chi connectivity index (χ0n) is 41.7. The van der Waals surface area contributed by atoms with E-state index in [9.17, 15) is 1.37 Å². The van der Waals surface area contributed by atoms with Crippen LogP contribution in [0.15, 0.2) is 144 Å². The van der Waals surface area contributed by atoms with Gasteiger partial charge in [0.2, 0.25) is 0 Å². The van der Waals surface area contributed by atoms with E-state index in [1.807, 2.05) is 24.3 Å². The fourth-order valence-corrected chi connectivity index (χ4v) is 10.3. The van der Waals surface area contributed by atoms with E-state index in [1.54, 1.807) is 0 Å². The number of rotatable bonds is 9. The van der Waals surface area contributed by atoms with Crippen LogP contribution in [0.1, 0.15) is 146 Å². The molecule has 7 aromatic carbocycles. The van der Waals surface area contributed by atoms with Crippen molar-refractivity contribution in [1.29, 1.82) is 0 Å². The minimum atomic E-state index is -0.526. The van der Waals surface area contributed by atoms with E-state index in [0.717, 1.165) is 98.0 Å². The zero-order valence-corrected chi connectivity index (χ0v) is 43.0. The second-order valence-corrected chi connectivity index (χ2v) is 19.6. The quantitative estimate of drug-likeness (QED) is 0.135. The molecular formula is C62H62IrN4O-2. The van der Waals surface area contributed by atoms with Crippen LogP contribution in [0.4, 0.5) is 0 Å². The number of aromatic nitrogens is 4. The van der Waals surface area contributed by atoms with E-state index in [1.165, 1.54) is 40.0 Å². The Hall–Kier alpha value is -6.07. The normalized spacial score (nSPS) is 14.0. The molecule has 347 valence electrons. The third-order valence-corrected chi connectivity index (χ3v) is 13.7. The molecule has 0 unspecified atom stereocenters. The van der Waals surface area contributed by atoms with E-state index in [4.69, 9.17) is 14.4 Å². The first-order valence-corrected chi connectivity index (χ1v) is 24.5. The predicted molar refractivity (Wildman–Crippen MR) is 280 cm³/mol. The molecule has 1 saturated carbocycles. The summed E-state index contributed by atoms with van der Waals surface area (Å²) in [6.07, 6.45) is 5.29. The summed E-state index contributed by atoms with van der Waals surface area (Å²) in [4.78, 5) is 10.2. The van der Waals surface area contributed by atoms with E-state index in [2.05, 4.69) is 192 Å². The van der Waals surface area contributed by atoms with Gasteiger partial charge in [-0.15, -0.1) is 54.1 Å². The molecule has 68 heavy (non-hydrogen) atoms. The van der Waals surface area contributed by atoms with Gasteiger partial charge in [-0.1, -0.05) is 158 Å². The van der Waals surface area contributed by atoms with Gasteiger partial charge in [0.25, 0.3) is 0 Å². The van der Waals surface area contributed by atoms with Gasteiger partial charge >= 0.3 is 0 Å². The predicted octanol–water partition coefficient (Wildman–Crippen LogP) is 17.4. The summed E-state index contributed by atoms with van der Waals surface area (Å²) in [6, 6.07) is 55.6. The number of imidazole rings is 2. The van der Waals surface area contributed by atoms with Crippen LogP contribution in [0.2, 0.25) is 0 Å². The van der Waals surface area contributed by atoms with Crippen molar-refractivity contribution in [2.75, 3.05) is 0 Å². The Morgan fingerprint density at radius 3 is 1.62 bits per heavy atom. The summed E-state index contributed by atoms with van der Waals surface area (Å²) in [5.74, 6) is 2.81. The van der Waals surface area contributed by atoms with Crippen molar-refractivity contribution in [1.82, 2.24) is 19.1 Å². The molecule has 11 rings (SSSR count). The molecular weight excluding hydrogens is 1010 g/mol. The third kappa shape index (κ3) is 8.67. The molecule has 1 fully saturated rings. The summed E-state index contributed by atoms with van der Waals surface area (Å²) in [7, 11) is 0. The average molecular weight is 1070 g/mol. The second kappa shape index (κ2) is 19.9. The first-order valence-electron chi connectivity index (χ1n) is 25.0. The summed E-state index contributed by atoms with van der Waals surface area (Å²) >= 11 is 0. The van der Waals surface area contributed by atoms with Gasteiger partial charge in [-0.3, -0.25) is 9.97 Å². The number of hydrogen-bond acceptors (Lipinski definition) is 3. The van der Waals surface area contributed by atoms with Gasteiger partial charge in [0.15, 0.2) is 0 Å². The molecule has 10 aromatic rings. The SMILES string of the molecule is CC(C)c1cccc(C(C)C)c1-n1c(-c2[c-]cccc2)nc2ccccc21.[2H]C1(c2ccc3c(c2)oc2c(-c4nc5ccccc5n4-c4c(C(C)C)cccc4C(C)C)[c-]ccc23)CCCCC1.[Ir]. The number of benzene rings is 7. The fraction of sp³-hybridized carbons (Fsp3) is 0.290. The topological polar surface area (TPSA) is 48.8 Å². The molecule has 1 aliphatic carbocycles. The zero-order chi connectivity index (χ0) is 47.3. The molecule has 0 aliphatic heterocycles. The van der Waals surface area contributed by atoms with E-state index < -0.39 is 5.89 Å². The van der Waals surface area contributed by atoms with E-state index in [0.29, 0.717) is 23.7 Å². The molecule has 0 N–H and O–H groups in total. The summed E-state index contributed by atoms with van der Waals surface area (Å²) < 4.78 is 20.5. The largest absolute Gasteiger partial charge is 0.501 e. The number of hydrogen-bond donors (Lipinski definition) is 0. The van der Waals surface area contributed by atoms with Crippen LogP contribution < -0.4 is 0 Å². The second-order valence-electron chi connectivity index (χ2n) is 19.6. The van der Waals surface area contributed by atoms with Crippen LogP contribution in [-0.4, -0.2) is 19.1 Å². The van der Waals surface area contributed by atoms with Crippen LogP contribution in [0.3, 0.4) is 0 Å². The Labute approximate surface area is 417 Å². The smallest absolute Gasteiger partial charge is 0.121 e. The van der Waals surface area contributed by atoms with Gasteiger partial charge in [0, 0.05) is 38.2 Å². The molecule has 1 aliphatic rings. The molecule has 0 saturated heterocycles. The van der Waals surface area contributed by atoms with Crippen LogP contribution in [-0.2, 0) is 20.1 Å². The number of fused-ring (bicyclic) bond motifs is 5. The van der Waals surface area contributed by atoms with Crippen molar-refractivity contribution in [2.45, 2.75) is 117 Å². The first kappa shape index (κ1) is 45.7. The van der Waals surface area contributed by atoms with E-state index in [-0.39, 0.29) is 20.1 Å². The maximum absolute atomic E-state index is 9.18. The van der Waals surface area contributed by atoms with Gasteiger partial charge in [-0.2, -0.15) is 0 Å². The number of nitrogens with zero attached hydrogens (tertiary/aromatic N) is 4. The van der Waals surface area contributed by atoms with Crippen LogP contribution in [0, 0.1) is 12.1 Å². The van der Waals surface area contributed by atoms with Crippen molar-refractivity contribution >= 4 is 44.0 Å². The Kier molecular flexibility index (Phi) is 13.4. The van der Waals surface area contributed by atoms with Crippen molar-refractivity contribution in [3.8, 4) is 34.2 Å². The summed E-state index contributed by atoms with van der Waals surface area (Å²) in [6.45, 7) is 18.1. The molecule has 0 amide bonds. The molecule has 6 heteroatoms. The Bertz CT molecular complexity index is 3370. The van der Waals surface area contributed by atoms with Gasteiger partial charge in [0.05, 0.1) is 39.3 Å². The minimum Gasteiger partial charge on any atom is -0.501 e. The van der Waals surface area contributed by atoms with Crippen LogP contribution in [0.25, 0.3) is 78.2 Å². The van der Waals surface area contributed by atoms with Crippen molar-refractivity contribution in [3.63, 3.8) is 0 Å². The summed E-state index contributed by atoms with van der Waals surface area (Å²) in [5.41, 5.74) is 16.5. The molecule has 5 nitrogen and oxygen atoms in total. The molecule has 1 radical (unpaired) electrons. The Balaban J connectivity index is 0.000000184. The van der Waals surface area contributed by atoms with Crippen LogP contribution in [0.5, 0.6) is 0 Å². The first-order chi connectivity index (χ1) is 32.9. The fourth-order valence-electron chi connectivity index (χ4n) is 10.3. The molecule has 3 heterocycles. The monoisotopic (exact) mass is 1070 g/mol. The van der Waals surface area contributed by atoms with Crippen molar-refractivity contribution in [2.24, 2.45) is 0 Å². The molecule has 0 spiro atoms. The molecule has 0 bridgehead atoms. The molecule has 0 atom stereocenters. The number of para-hydroxylation sites is 6. The maximum Gasteiger partial charge on any atom is 0.121 e. The average Bonchev–Trinajstić information content (AvgIpc) is 4.05. The maximum atomic E-state index is 9.18. The van der Waals surface area contributed by atoms with Gasteiger partial charge < -0.3 is 13.6 Å². The summed E-state index contributed by atoms with van der Waals surface area (Å²) in [5, 5.41) is 2.13. The van der Waals surface area contributed by atoms with Gasteiger partial charge in [-0.05, 0) is 101 Å². The van der Waals surface area contributed by atoms with Crippen LogP contribution >= 0.6 is 0 Å². The third-order valence-electron chi connectivity index (χ3n) is 13.7. The molecule has 3 aromatic heterocycles. The van der Waals surface area contributed by atoms with E-state index >= 15 is 0 Å². The van der Waals surface area contributed by atoms with Gasteiger partial charge in [0.1, 0.15) is 5.58 Å². The minimum absolute atomic E-state index is 0. The standard InChI is InChI=1S/C37H37N2O.C25H25N2.Ir/c1-23(2)27-14-10-15-28(24(3)4)35(27)39-33-19-9-8-18-32(33)38-37(39)31-17-11-16-30-29-21-20-26(22-34(29)40-36(30)31)25-12-6-5-7-13-25;1-17(2)20-13-10-14-21(18(3)4)24(20)27-23-16-9-8-15-22(23)26-25(27)19-11-6-5-7-12-19;/h8-11,14-16,18-25H,5-7,12-13H2,1-4H3;5-11,13-18H,1-4H3;/q2*-1;/i25D;;. The Morgan fingerprint density at radius 2 is 1.07 bits per heavy atom. The Morgan fingerprint density at radius 1 is 0.544 bits per heavy atom. The van der Waals surface area contributed by atoms with Crippen molar-refractivity contribution < 1.29 is 25.9 Å². The van der Waals surface area contributed by atoms with Crippen molar-refractivity contribution in [3.05, 3.63) is 179 Å². The van der Waals surface area contributed by atoms with Gasteiger partial charge in [-0.25, -0.2) is 0 Å². The number of furan rings is 1.